The molecule has 0 radical (unpaired) electrons. The van der Waals surface area contributed by atoms with Crippen molar-refractivity contribution in [1.29, 1.82) is 0 Å². The maximum atomic E-state index is 12.0. The first-order chi connectivity index (χ1) is 8.81. The highest BCUT2D eigenvalue weighted by molar-refractivity contribution is 9.10. The molecule has 2 rings (SSSR count). The second-order valence-corrected chi connectivity index (χ2v) is 6.05. The summed E-state index contributed by atoms with van der Waals surface area (Å²) in [5, 5.41) is 14.1. The van der Waals surface area contributed by atoms with Crippen LogP contribution >= 0.6 is 15.9 Å². The average molecular weight is 327 g/mol. The molecular formula is C13H15BrN2O3. The number of aliphatic hydroxyl groups is 1. The molecule has 0 aliphatic heterocycles. The van der Waals surface area contributed by atoms with E-state index in [1.807, 2.05) is 6.07 Å². The number of ether oxygens (including phenoxy) is 1. The van der Waals surface area contributed by atoms with Gasteiger partial charge in [0.1, 0.15) is 5.60 Å². The van der Waals surface area contributed by atoms with E-state index < -0.39 is 11.7 Å². The number of carbonyl (C=O) groups is 1. The summed E-state index contributed by atoms with van der Waals surface area (Å²) in [6, 6.07) is 3.53. The number of fused-ring (bicyclic) bond motifs is 1. The van der Waals surface area contributed by atoms with Crippen molar-refractivity contribution in [1.82, 2.24) is 9.78 Å². The fraction of sp³-hybridized carbons (Fsp3) is 0.385. The van der Waals surface area contributed by atoms with Gasteiger partial charge in [-0.3, -0.25) is 0 Å². The van der Waals surface area contributed by atoms with Crippen LogP contribution in [0.5, 0.6) is 0 Å². The molecule has 0 aliphatic rings. The zero-order valence-electron chi connectivity index (χ0n) is 11.0. The quantitative estimate of drug-likeness (QED) is 0.874. The molecule has 102 valence electrons. The van der Waals surface area contributed by atoms with Gasteiger partial charge in [-0.1, -0.05) is 15.9 Å². The number of hydrogen-bond donors (Lipinski definition) is 1. The minimum Gasteiger partial charge on any atom is -0.442 e. The Balaban J connectivity index is 2.47. The SMILES string of the molecule is CC(C)(C)OC(=O)n1ncc2cc(Br)c(CO)cc21. The maximum absolute atomic E-state index is 12.0. The molecule has 2 aromatic rings. The second kappa shape index (κ2) is 4.94. The molecule has 0 saturated heterocycles. The van der Waals surface area contributed by atoms with Crippen molar-refractivity contribution in [3.63, 3.8) is 0 Å². The van der Waals surface area contributed by atoms with Gasteiger partial charge in [0.15, 0.2) is 0 Å². The van der Waals surface area contributed by atoms with Crippen molar-refractivity contribution in [2.24, 2.45) is 0 Å². The van der Waals surface area contributed by atoms with Crippen molar-refractivity contribution < 1.29 is 14.6 Å². The van der Waals surface area contributed by atoms with Crippen LogP contribution in [-0.4, -0.2) is 26.6 Å². The van der Waals surface area contributed by atoms with E-state index in [2.05, 4.69) is 21.0 Å². The fourth-order valence-electron chi connectivity index (χ4n) is 1.66. The van der Waals surface area contributed by atoms with Crippen LogP contribution in [0.25, 0.3) is 10.9 Å². The monoisotopic (exact) mass is 326 g/mol. The number of halogens is 1. The van der Waals surface area contributed by atoms with E-state index in [9.17, 15) is 9.90 Å². The van der Waals surface area contributed by atoms with Crippen LogP contribution in [0.2, 0.25) is 0 Å². The third-order valence-corrected chi connectivity index (χ3v) is 3.21. The molecule has 6 heteroatoms. The van der Waals surface area contributed by atoms with Crippen molar-refractivity contribution in [2.45, 2.75) is 33.0 Å². The standard InChI is InChI=1S/C13H15BrN2O3/c1-13(2,3)19-12(18)16-11-5-9(7-17)10(14)4-8(11)6-15-16/h4-6,17H,7H2,1-3H3. The van der Waals surface area contributed by atoms with E-state index in [0.29, 0.717) is 11.1 Å². The first-order valence-electron chi connectivity index (χ1n) is 5.82. The number of carbonyl (C=O) groups excluding carboxylic acids is 1. The molecule has 1 aromatic heterocycles. The average Bonchev–Trinajstić information content (AvgIpc) is 2.68. The Morgan fingerprint density at radius 3 is 2.74 bits per heavy atom. The predicted molar refractivity (Wildman–Crippen MR) is 75.0 cm³/mol. The summed E-state index contributed by atoms with van der Waals surface area (Å²) in [4.78, 5) is 12.0. The van der Waals surface area contributed by atoms with Crippen LogP contribution in [0.15, 0.2) is 22.8 Å². The van der Waals surface area contributed by atoms with Crippen LogP contribution in [0.4, 0.5) is 4.79 Å². The molecule has 5 nitrogen and oxygen atoms in total. The van der Waals surface area contributed by atoms with E-state index in [0.717, 1.165) is 9.86 Å². The number of hydrogen-bond acceptors (Lipinski definition) is 4. The van der Waals surface area contributed by atoms with E-state index in [1.165, 1.54) is 4.68 Å². The Hall–Kier alpha value is -1.40. The minimum atomic E-state index is -0.579. The van der Waals surface area contributed by atoms with E-state index >= 15 is 0 Å². The highest BCUT2D eigenvalue weighted by Gasteiger charge is 2.20. The van der Waals surface area contributed by atoms with Crippen molar-refractivity contribution in [3.05, 3.63) is 28.4 Å². The van der Waals surface area contributed by atoms with Gasteiger partial charge in [-0.25, -0.2) is 4.79 Å². The molecule has 0 amide bonds. The lowest BCUT2D eigenvalue weighted by molar-refractivity contribution is 0.0522. The number of rotatable bonds is 1. The van der Waals surface area contributed by atoms with Crippen molar-refractivity contribution in [3.8, 4) is 0 Å². The van der Waals surface area contributed by atoms with Crippen LogP contribution in [-0.2, 0) is 11.3 Å². The first-order valence-corrected chi connectivity index (χ1v) is 6.61. The molecule has 19 heavy (non-hydrogen) atoms. The Labute approximate surface area is 119 Å². The topological polar surface area (TPSA) is 64.4 Å². The molecule has 0 aliphatic carbocycles. The number of benzene rings is 1. The van der Waals surface area contributed by atoms with E-state index in [-0.39, 0.29) is 6.61 Å². The zero-order chi connectivity index (χ0) is 14.2. The first kappa shape index (κ1) is 14.0. The summed E-state index contributed by atoms with van der Waals surface area (Å²) in [5.74, 6) is 0. The van der Waals surface area contributed by atoms with E-state index in [4.69, 9.17) is 4.74 Å². The van der Waals surface area contributed by atoms with Crippen LogP contribution in [0.1, 0.15) is 26.3 Å². The molecule has 0 atom stereocenters. The van der Waals surface area contributed by atoms with Gasteiger partial charge < -0.3 is 9.84 Å². The molecule has 0 spiro atoms. The molecular weight excluding hydrogens is 312 g/mol. The normalized spacial score (nSPS) is 11.8. The third-order valence-electron chi connectivity index (χ3n) is 2.47. The Kier molecular flexibility index (Phi) is 3.64. The summed E-state index contributed by atoms with van der Waals surface area (Å²) in [5.41, 5.74) is 0.726. The van der Waals surface area contributed by atoms with E-state index in [1.54, 1.807) is 33.0 Å². The summed E-state index contributed by atoms with van der Waals surface area (Å²) in [6.45, 7) is 5.28. The summed E-state index contributed by atoms with van der Waals surface area (Å²) in [6.07, 6.45) is 1.05. The Morgan fingerprint density at radius 1 is 1.47 bits per heavy atom. The number of aromatic nitrogens is 2. The van der Waals surface area contributed by atoms with Gasteiger partial charge in [-0.15, -0.1) is 0 Å². The van der Waals surface area contributed by atoms with Gasteiger partial charge in [0.25, 0.3) is 0 Å². The predicted octanol–water partition coefficient (Wildman–Crippen LogP) is 3.07. The molecule has 1 heterocycles. The van der Waals surface area contributed by atoms with Crippen molar-refractivity contribution >= 4 is 32.9 Å². The highest BCUT2D eigenvalue weighted by Crippen LogP contribution is 2.25. The Bertz CT molecular complexity index is 629. The van der Waals surface area contributed by atoms with Crippen LogP contribution in [0.3, 0.4) is 0 Å². The molecule has 0 fully saturated rings. The largest absolute Gasteiger partial charge is 0.442 e. The maximum Gasteiger partial charge on any atom is 0.435 e. The lowest BCUT2D eigenvalue weighted by Gasteiger charge is -2.19. The van der Waals surface area contributed by atoms with Crippen LogP contribution in [0, 0.1) is 0 Å². The molecule has 0 saturated carbocycles. The molecule has 0 bridgehead atoms. The smallest absolute Gasteiger partial charge is 0.435 e. The van der Waals surface area contributed by atoms with Gasteiger partial charge in [0.2, 0.25) is 0 Å². The number of nitrogens with zero attached hydrogens (tertiary/aromatic N) is 2. The highest BCUT2D eigenvalue weighted by atomic mass is 79.9. The van der Waals surface area contributed by atoms with Gasteiger partial charge >= 0.3 is 6.09 Å². The van der Waals surface area contributed by atoms with Gasteiger partial charge in [0, 0.05) is 9.86 Å². The lowest BCUT2D eigenvalue weighted by atomic mass is 10.2. The Morgan fingerprint density at radius 2 is 2.16 bits per heavy atom. The van der Waals surface area contributed by atoms with Crippen LogP contribution < -0.4 is 0 Å². The zero-order valence-corrected chi connectivity index (χ0v) is 12.6. The summed E-state index contributed by atoms with van der Waals surface area (Å²) >= 11 is 3.36. The second-order valence-electron chi connectivity index (χ2n) is 5.20. The molecule has 0 unspecified atom stereocenters. The molecule has 1 aromatic carbocycles. The minimum absolute atomic E-state index is 0.115. The number of aliphatic hydroxyl groups excluding tert-OH is 1. The van der Waals surface area contributed by atoms with Crippen molar-refractivity contribution in [2.75, 3.05) is 0 Å². The lowest BCUT2D eigenvalue weighted by Crippen LogP contribution is -2.27. The molecule has 1 N–H and O–H groups in total. The summed E-state index contributed by atoms with van der Waals surface area (Å²) < 4.78 is 7.27. The third kappa shape index (κ3) is 2.96. The van der Waals surface area contributed by atoms with Gasteiger partial charge in [0.05, 0.1) is 18.3 Å². The van der Waals surface area contributed by atoms with Gasteiger partial charge in [-0.05, 0) is 38.5 Å². The fourth-order valence-corrected chi connectivity index (χ4v) is 2.15. The van der Waals surface area contributed by atoms with Gasteiger partial charge in [-0.2, -0.15) is 9.78 Å². The summed E-state index contributed by atoms with van der Waals surface area (Å²) in [7, 11) is 0.